The summed E-state index contributed by atoms with van der Waals surface area (Å²) in [7, 11) is 1.59. The lowest BCUT2D eigenvalue weighted by atomic mass is 9.55. The number of carbonyl (C=O) groups excluding carboxylic acids is 2. The average Bonchev–Trinajstić information content (AvgIpc) is 3.29. The van der Waals surface area contributed by atoms with Gasteiger partial charge in [0.15, 0.2) is 0 Å². The highest BCUT2D eigenvalue weighted by molar-refractivity contribution is 6.03. The number of methoxy groups -OCH3 is 1. The van der Waals surface area contributed by atoms with Crippen molar-refractivity contribution in [3.05, 3.63) is 118 Å². The zero-order valence-corrected chi connectivity index (χ0v) is 37.1. The number of hydrogen-bond acceptors (Lipinski definition) is 12. The number of allylic oxidation sites excluding steroid dienone is 1. The van der Waals surface area contributed by atoms with E-state index in [9.17, 15) is 29.9 Å². The molecule has 6 rings (SSSR count). The van der Waals surface area contributed by atoms with Crippen LogP contribution < -0.4 is 19.5 Å². The summed E-state index contributed by atoms with van der Waals surface area (Å²) in [6.07, 6.45) is 8.45. The van der Waals surface area contributed by atoms with E-state index in [1.165, 1.54) is 12.1 Å². The lowest BCUT2D eigenvalue weighted by Crippen LogP contribution is -2.70. The van der Waals surface area contributed by atoms with Crippen LogP contribution in [0.2, 0.25) is 0 Å². The molecule has 3 aromatic carbocycles. The fourth-order valence-corrected chi connectivity index (χ4v) is 9.65. The Morgan fingerprint density at radius 1 is 1.02 bits per heavy atom. The first-order valence-electron chi connectivity index (χ1n) is 22.4. The van der Waals surface area contributed by atoms with E-state index in [1.54, 1.807) is 37.5 Å². The largest absolute Gasteiger partial charge is 0.497 e. The van der Waals surface area contributed by atoms with Gasteiger partial charge < -0.3 is 44.2 Å². The summed E-state index contributed by atoms with van der Waals surface area (Å²) in [4.78, 5) is 46.6. The van der Waals surface area contributed by atoms with Crippen LogP contribution in [-0.4, -0.2) is 89.6 Å². The molecule has 6 atom stereocenters. The minimum absolute atomic E-state index is 0.0182. The molecule has 3 aliphatic rings. The number of nitrogens with zero attached hydrogens (tertiary/aromatic N) is 3. The highest BCUT2D eigenvalue weighted by atomic mass is 16.7. The van der Waals surface area contributed by atoms with E-state index in [-0.39, 0.29) is 68.6 Å². The van der Waals surface area contributed by atoms with Crippen molar-refractivity contribution in [3.8, 4) is 17.2 Å². The summed E-state index contributed by atoms with van der Waals surface area (Å²) in [6, 6.07) is 18.2. The molecular formula is C49H62N4O11. The van der Waals surface area contributed by atoms with Gasteiger partial charge in [0.05, 0.1) is 36.7 Å². The van der Waals surface area contributed by atoms with Gasteiger partial charge in [0.2, 0.25) is 11.7 Å². The van der Waals surface area contributed by atoms with Crippen molar-refractivity contribution >= 4 is 23.4 Å². The van der Waals surface area contributed by atoms with Crippen molar-refractivity contribution in [1.29, 1.82) is 0 Å². The van der Waals surface area contributed by atoms with Crippen molar-refractivity contribution in [2.75, 3.05) is 40.0 Å². The van der Waals surface area contributed by atoms with Gasteiger partial charge in [0, 0.05) is 56.3 Å². The van der Waals surface area contributed by atoms with Gasteiger partial charge in [-0.05, 0) is 110 Å². The van der Waals surface area contributed by atoms with Gasteiger partial charge in [-0.25, -0.2) is 4.79 Å². The SMILES string of the molecule is C=CCO[C@@]12Oc3ccc(OC(=O)NCC)cc3[C@H]3[C@H](CCCCO)[C@@H](CCCCO)C=C(C(=NOCc4ccc([N+](=O)[O-])cc4)C[C@@H]1N(CCC)C(=O)Cc1cccc(OC)c1)[C@H]32. The minimum Gasteiger partial charge on any atom is -0.497 e. The third-order valence-corrected chi connectivity index (χ3v) is 12.4. The smallest absolute Gasteiger partial charge is 0.412 e. The third-order valence-electron chi connectivity index (χ3n) is 12.4. The molecule has 1 saturated carbocycles. The van der Waals surface area contributed by atoms with Gasteiger partial charge in [0.1, 0.15) is 29.9 Å². The van der Waals surface area contributed by atoms with Crippen LogP contribution in [-0.2, 0) is 27.4 Å². The summed E-state index contributed by atoms with van der Waals surface area (Å²) in [5.74, 6) is -1.07. The molecule has 1 fully saturated rings. The van der Waals surface area contributed by atoms with Crippen LogP contribution in [0.4, 0.5) is 10.5 Å². The van der Waals surface area contributed by atoms with Crippen molar-refractivity contribution < 1.29 is 48.5 Å². The fraction of sp³-hybridized carbons (Fsp3) is 0.490. The number of ether oxygens (including phenoxy) is 4. The van der Waals surface area contributed by atoms with E-state index in [4.69, 9.17) is 28.9 Å². The van der Waals surface area contributed by atoms with Crippen molar-refractivity contribution in [2.45, 2.75) is 96.0 Å². The molecule has 64 heavy (non-hydrogen) atoms. The van der Waals surface area contributed by atoms with Crippen molar-refractivity contribution in [3.63, 3.8) is 0 Å². The first-order valence-corrected chi connectivity index (χ1v) is 22.4. The molecule has 1 aliphatic heterocycles. The number of aliphatic hydroxyl groups is 2. The van der Waals surface area contributed by atoms with Gasteiger partial charge in [-0.1, -0.05) is 49.2 Å². The van der Waals surface area contributed by atoms with Crippen LogP contribution in [0.3, 0.4) is 0 Å². The van der Waals surface area contributed by atoms with E-state index >= 15 is 0 Å². The molecule has 2 aliphatic carbocycles. The van der Waals surface area contributed by atoms with Gasteiger partial charge in [-0.3, -0.25) is 14.9 Å². The molecule has 1 heterocycles. The Morgan fingerprint density at radius 2 is 1.78 bits per heavy atom. The predicted octanol–water partition coefficient (Wildman–Crippen LogP) is 8.03. The quantitative estimate of drug-likeness (QED) is 0.0362. The van der Waals surface area contributed by atoms with Gasteiger partial charge >= 0.3 is 6.09 Å². The molecule has 0 unspecified atom stereocenters. The van der Waals surface area contributed by atoms with Crippen molar-refractivity contribution in [1.82, 2.24) is 10.2 Å². The lowest BCUT2D eigenvalue weighted by Gasteiger charge is -2.60. The van der Waals surface area contributed by atoms with Gasteiger partial charge in [0.25, 0.3) is 5.69 Å². The van der Waals surface area contributed by atoms with Crippen LogP contribution in [0.25, 0.3) is 0 Å². The zero-order valence-electron chi connectivity index (χ0n) is 37.1. The Bertz CT molecular complexity index is 2140. The van der Waals surface area contributed by atoms with Crippen LogP contribution >= 0.6 is 0 Å². The number of unbranched alkanes of at least 4 members (excludes halogenated alkanes) is 2. The van der Waals surface area contributed by atoms with E-state index in [1.807, 2.05) is 49.1 Å². The Kier molecular flexibility index (Phi) is 16.9. The molecule has 0 saturated heterocycles. The molecule has 2 amide bonds. The highest BCUT2D eigenvalue weighted by Crippen LogP contribution is 2.62. The summed E-state index contributed by atoms with van der Waals surface area (Å²) in [5, 5.41) is 38.8. The molecular weight excluding hydrogens is 821 g/mol. The maximum absolute atomic E-state index is 14.9. The monoisotopic (exact) mass is 882 g/mol. The molecule has 15 heteroatoms. The van der Waals surface area contributed by atoms with Crippen molar-refractivity contribution in [2.24, 2.45) is 22.9 Å². The van der Waals surface area contributed by atoms with Crippen LogP contribution in [0.5, 0.6) is 17.2 Å². The second-order valence-electron chi connectivity index (χ2n) is 16.5. The number of nitro benzene ring substituents is 1. The molecule has 0 spiro atoms. The summed E-state index contributed by atoms with van der Waals surface area (Å²) in [5.41, 5.74) is 3.70. The topological polar surface area (TPSA) is 192 Å². The van der Waals surface area contributed by atoms with Crippen LogP contribution in [0.15, 0.2) is 96.2 Å². The van der Waals surface area contributed by atoms with Gasteiger partial charge in [-0.15, -0.1) is 6.58 Å². The maximum Gasteiger partial charge on any atom is 0.412 e. The molecule has 3 aromatic rings. The van der Waals surface area contributed by atoms with E-state index in [0.29, 0.717) is 60.9 Å². The zero-order chi connectivity index (χ0) is 45.6. The lowest BCUT2D eigenvalue weighted by molar-refractivity contribution is -0.384. The highest BCUT2D eigenvalue weighted by Gasteiger charge is 2.65. The summed E-state index contributed by atoms with van der Waals surface area (Å²) < 4.78 is 25.7. The number of amides is 2. The Hall–Kier alpha value is -5.77. The summed E-state index contributed by atoms with van der Waals surface area (Å²) in [6.45, 7) is 8.84. The number of nitrogens with one attached hydrogen (secondary N) is 1. The Balaban J connectivity index is 1.56. The number of fused-ring (bicyclic) bond motifs is 2. The Labute approximate surface area is 375 Å². The molecule has 0 radical (unpaired) electrons. The molecule has 344 valence electrons. The number of aliphatic hydroxyl groups excluding tert-OH is 2. The number of non-ortho nitro benzene ring substituents is 1. The predicted molar refractivity (Wildman–Crippen MR) is 241 cm³/mol. The Morgan fingerprint density at radius 3 is 2.47 bits per heavy atom. The number of nitro groups is 1. The molecule has 0 aromatic heterocycles. The van der Waals surface area contributed by atoms with E-state index in [2.05, 4.69) is 18.0 Å². The van der Waals surface area contributed by atoms with Gasteiger partial charge in [-0.2, -0.15) is 0 Å². The first kappa shape index (κ1) is 47.7. The second-order valence-corrected chi connectivity index (χ2v) is 16.5. The second kappa shape index (κ2) is 22.7. The summed E-state index contributed by atoms with van der Waals surface area (Å²) >= 11 is 0. The molecule has 15 nitrogen and oxygen atoms in total. The normalized spacial score (nSPS) is 22.5. The molecule has 3 N–H and O–H groups in total. The standard InChI is InChI=1S/C49H62N4O11/c1-5-23-52(45(56)28-34-13-12-15-37(27-34)60-4)44-31-42(51-62-32-33-17-19-36(20-18-33)53(58)59)40-29-35(14-8-10-24-54)39(16-9-11-25-55)46-41-30-38(63-48(57)50-7-3)21-22-43(41)64-49(44,47(40)46)61-26-6-2/h6,12-13,15,17-22,27,29-30,35,39,44,46-47,54-55H,2,5,7-11,14,16,23-26,28,31-32H2,1,3-4H3,(H,50,57)/t35-,39+,44-,46+,47+,49+/m0/s1. The third kappa shape index (κ3) is 10.9. The first-order chi connectivity index (χ1) is 31.1. The number of oxime groups is 1. The van der Waals surface area contributed by atoms with Crippen LogP contribution in [0.1, 0.15) is 87.8 Å². The van der Waals surface area contributed by atoms with E-state index < -0.39 is 28.8 Å². The number of carbonyl (C=O) groups is 2. The molecule has 0 bridgehead atoms. The minimum atomic E-state index is -1.47. The number of hydrogen-bond donors (Lipinski definition) is 3. The maximum atomic E-state index is 14.9. The van der Waals surface area contributed by atoms with Crippen LogP contribution in [0, 0.1) is 27.9 Å². The average molecular weight is 883 g/mol. The fourth-order valence-electron chi connectivity index (χ4n) is 9.65. The number of benzene rings is 3. The number of rotatable bonds is 23. The van der Waals surface area contributed by atoms with E-state index in [0.717, 1.165) is 42.4 Å².